The first-order chi connectivity index (χ1) is 14.1. The molecule has 1 saturated heterocycles. The zero-order valence-electron chi connectivity index (χ0n) is 18.4. The van der Waals surface area contributed by atoms with Gasteiger partial charge in [-0.2, -0.15) is 0 Å². The largest absolute Gasteiger partial charge is 0.508 e. The van der Waals surface area contributed by atoms with E-state index in [-0.39, 0.29) is 30.1 Å². The van der Waals surface area contributed by atoms with Gasteiger partial charge in [0.2, 0.25) is 0 Å². The Kier molecular flexibility index (Phi) is 6.77. The minimum absolute atomic E-state index is 0.149. The van der Waals surface area contributed by atoms with Crippen molar-refractivity contribution in [2.24, 2.45) is 0 Å². The molecule has 2 aromatic rings. The molecular weight excluding hydrogens is 381 g/mol. The smallest absolute Gasteiger partial charge is 0.494 e. The Bertz CT molecular complexity index is 806. The van der Waals surface area contributed by atoms with Gasteiger partial charge in [0.05, 0.1) is 17.3 Å². The molecule has 3 rings (SSSR count). The summed E-state index contributed by atoms with van der Waals surface area (Å²) < 4.78 is 17.9. The van der Waals surface area contributed by atoms with Crippen molar-refractivity contribution in [3.05, 3.63) is 54.1 Å². The van der Waals surface area contributed by atoms with Gasteiger partial charge in [-0.25, -0.2) is 0 Å². The van der Waals surface area contributed by atoms with E-state index in [1.54, 1.807) is 24.3 Å². The standard InChI is InChI=1S/C23H32BNO5/c1-16(21(27)17-6-10-19(26)11-7-17)25-14-15-28-20-12-8-18(9-13-20)24-29-22(2,3)23(4,5)30-24/h6-13,16,21,25-27H,14-15H2,1-5H3/t16-,21-/m0/s1. The Hall–Kier alpha value is -2.06. The van der Waals surface area contributed by atoms with Crippen molar-refractivity contribution in [2.75, 3.05) is 13.2 Å². The topological polar surface area (TPSA) is 80.2 Å². The molecule has 0 bridgehead atoms. The number of nitrogens with one attached hydrogen (secondary N) is 1. The number of ether oxygens (including phenoxy) is 1. The molecule has 1 heterocycles. The molecule has 7 heteroatoms. The molecule has 1 fully saturated rings. The van der Waals surface area contributed by atoms with Crippen LogP contribution in [0.4, 0.5) is 0 Å². The van der Waals surface area contributed by atoms with Gasteiger partial charge in [-0.15, -0.1) is 0 Å². The maximum Gasteiger partial charge on any atom is 0.494 e. The van der Waals surface area contributed by atoms with Crippen LogP contribution in [0, 0.1) is 0 Å². The maximum absolute atomic E-state index is 10.4. The summed E-state index contributed by atoms with van der Waals surface area (Å²) in [6, 6.07) is 14.2. The molecule has 0 aromatic heterocycles. The summed E-state index contributed by atoms with van der Waals surface area (Å²) in [5.74, 6) is 0.952. The summed E-state index contributed by atoms with van der Waals surface area (Å²) in [4.78, 5) is 0. The highest BCUT2D eigenvalue weighted by molar-refractivity contribution is 6.62. The molecule has 6 nitrogen and oxygen atoms in total. The number of rotatable bonds is 8. The van der Waals surface area contributed by atoms with E-state index in [1.807, 2.05) is 58.9 Å². The lowest BCUT2D eigenvalue weighted by atomic mass is 9.79. The molecule has 0 radical (unpaired) electrons. The van der Waals surface area contributed by atoms with Gasteiger partial charge < -0.3 is 29.6 Å². The average Bonchev–Trinajstić information content (AvgIpc) is 2.93. The molecular formula is C23H32BNO5. The molecule has 0 unspecified atom stereocenters. The number of hydrogen-bond donors (Lipinski definition) is 3. The van der Waals surface area contributed by atoms with E-state index < -0.39 is 6.10 Å². The maximum atomic E-state index is 10.4. The first kappa shape index (κ1) is 22.6. The lowest BCUT2D eigenvalue weighted by molar-refractivity contribution is 0.00578. The van der Waals surface area contributed by atoms with Gasteiger partial charge in [0.25, 0.3) is 0 Å². The number of aromatic hydroxyl groups is 1. The Labute approximate surface area is 179 Å². The second-order valence-corrected chi connectivity index (χ2v) is 8.78. The van der Waals surface area contributed by atoms with Crippen molar-refractivity contribution in [2.45, 2.75) is 58.0 Å². The predicted molar refractivity (Wildman–Crippen MR) is 118 cm³/mol. The summed E-state index contributed by atoms with van der Waals surface area (Å²) in [5, 5.41) is 23.0. The second-order valence-electron chi connectivity index (χ2n) is 8.78. The average molecular weight is 413 g/mol. The van der Waals surface area contributed by atoms with E-state index in [4.69, 9.17) is 14.0 Å². The van der Waals surface area contributed by atoms with Crippen molar-refractivity contribution in [3.8, 4) is 11.5 Å². The summed E-state index contributed by atoms with van der Waals surface area (Å²) in [6.45, 7) is 11.1. The highest BCUT2D eigenvalue weighted by atomic mass is 16.7. The van der Waals surface area contributed by atoms with Crippen LogP contribution in [0.3, 0.4) is 0 Å². The van der Waals surface area contributed by atoms with E-state index >= 15 is 0 Å². The lowest BCUT2D eigenvalue weighted by Gasteiger charge is -2.32. The molecule has 1 aliphatic heterocycles. The first-order valence-electron chi connectivity index (χ1n) is 10.4. The van der Waals surface area contributed by atoms with Gasteiger partial charge in [0, 0.05) is 12.6 Å². The second kappa shape index (κ2) is 8.98. The van der Waals surface area contributed by atoms with Crippen LogP contribution in [0.15, 0.2) is 48.5 Å². The van der Waals surface area contributed by atoms with Crippen molar-refractivity contribution >= 4 is 12.6 Å². The summed E-state index contributed by atoms with van der Waals surface area (Å²) >= 11 is 0. The monoisotopic (exact) mass is 413 g/mol. The van der Waals surface area contributed by atoms with E-state index in [1.165, 1.54) is 0 Å². The van der Waals surface area contributed by atoms with Gasteiger partial charge in [-0.3, -0.25) is 0 Å². The highest BCUT2D eigenvalue weighted by Gasteiger charge is 2.51. The zero-order chi connectivity index (χ0) is 21.9. The van der Waals surface area contributed by atoms with Crippen LogP contribution < -0.4 is 15.5 Å². The van der Waals surface area contributed by atoms with Gasteiger partial charge >= 0.3 is 7.12 Å². The molecule has 0 amide bonds. The third-order valence-electron chi connectivity index (χ3n) is 5.95. The SMILES string of the molecule is C[C@H](NCCOc1ccc(B2OC(C)(C)C(C)(C)O2)cc1)[C@H](O)c1ccc(O)cc1. The Morgan fingerprint density at radius 3 is 2.10 bits per heavy atom. The van der Waals surface area contributed by atoms with Crippen molar-refractivity contribution in [1.82, 2.24) is 5.32 Å². The van der Waals surface area contributed by atoms with Crippen LogP contribution in [-0.4, -0.2) is 47.7 Å². The Morgan fingerprint density at radius 1 is 0.967 bits per heavy atom. The number of phenols is 1. The van der Waals surface area contributed by atoms with E-state index in [0.717, 1.165) is 16.8 Å². The molecule has 0 spiro atoms. The number of phenolic OH excluding ortho intramolecular Hbond substituents is 1. The fraction of sp³-hybridized carbons (Fsp3) is 0.478. The van der Waals surface area contributed by atoms with Crippen LogP contribution in [0.2, 0.25) is 0 Å². The Morgan fingerprint density at radius 2 is 1.53 bits per heavy atom. The Balaban J connectivity index is 1.44. The number of hydrogen-bond acceptors (Lipinski definition) is 6. The quantitative estimate of drug-likeness (QED) is 0.456. The van der Waals surface area contributed by atoms with Crippen LogP contribution in [0.5, 0.6) is 11.5 Å². The van der Waals surface area contributed by atoms with Gasteiger partial charge in [-0.1, -0.05) is 24.3 Å². The normalized spacial score (nSPS) is 19.5. The first-order valence-corrected chi connectivity index (χ1v) is 10.4. The lowest BCUT2D eigenvalue weighted by Crippen LogP contribution is -2.41. The van der Waals surface area contributed by atoms with Crippen molar-refractivity contribution < 1.29 is 24.3 Å². The third kappa shape index (κ3) is 5.16. The molecule has 0 saturated carbocycles. The van der Waals surface area contributed by atoms with Crippen LogP contribution >= 0.6 is 0 Å². The molecule has 2 atom stereocenters. The summed E-state index contributed by atoms with van der Waals surface area (Å²) in [7, 11) is -0.382. The molecule has 30 heavy (non-hydrogen) atoms. The van der Waals surface area contributed by atoms with Crippen LogP contribution in [-0.2, 0) is 9.31 Å². The fourth-order valence-corrected chi connectivity index (χ4v) is 3.23. The van der Waals surface area contributed by atoms with Gasteiger partial charge in [0.15, 0.2) is 0 Å². The predicted octanol–water partition coefficient (Wildman–Crippen LogP) is 2.78. The summed E-state index contributed by atoms with van der Waals surface area (Å²) in [6.07, 6.45) is -0.662. The number of benzene rings is 2. The van der Waals surface area contributed by atoms with Crippen molar-refractivity contribution in [1.29, 1.82) is 0 Å². The minimum atomic E-state index is -0.662. The van der Waals surface area contributed by atoms with E-state index in [2.05, 4.69) is 5.32 Å². The van der Waals surface area contributed by atoms with Crippen LogP contribution in [0.25, 0.3) is 0 Å². The van der Waals surface area contributed by atoms with Gasteiger partial charge in [-0.05, 0) is 69.9 Å². The molecule has 162 valence electrons. The number of aliphatic hydroxyl groups is 1. The molecule has 1 aliphatic rings. The number of aliphatic hydroxyl groups excluding tert-OH is 1. The highest BCUT2D eigenvalue weighted by Crippen LogP contribution is 2.36. The summed E-state index contributed by atoms with van der Waals surface area (Å²) in [5.41, 5.74) is 0.997. The van der Waals surface area contributed by atoms with Gasteiger partial charge in [0.1, 0.15) is 18.1 Å². The third-order valence-corrected chi connectivity index (χ3v) is 5.95. The fourth-order valence-electron chi connectivity index (χ4n) is 3.23. The van der Waals surface area contributed by atoms with E-state index in [0.29, 0.717) is 13.2 Å². The molecule has 3 N–H and O–H groups in total. The molecule has 0 aliphatic carbocycles. The molecule has 2 aromatic carbocycles. The van der Waals surface area contributed by atoms with Crippen LogP contribution in [0.1, 0.15) is 46.3 Å². The minimum Gasteiger partial charge on any atom is -0.508 e. The van der Waals surface area contributed by atoms with E-state index in [9.17, 15) is 10.2 Å². The van der Waals surface area contributed by atoms with Crippen molar-refractivity contribution in [3.63, 3.8) is 0 Å². The zero-order valence-corrected chi connectivity index (χ0v) is 18.4.